The van der Waals surface area contributed by atoms with E-state index in [1.807, 2.05) is 57.8 Å². The van der Waals surface area contributed by atoms with E-state index in [1.165, 1.54) is 11.8 Å². The van der Waals surface area contributed by atoms with Crippen molar-refractivity contribution in [1.82, 2.24) is 35.0 Å². The molecule has 0 amide bonds. The maximum Gasteiger partial charge on any atom is 0.196 e. The molecule has 0 atom stereocenters. The third-order valence-electron chi connectivity index (χ3n) is 4.57. The first-order valence-corrected chi connectivity index (χ1v) is 11.4. The first kappa shape index (κ1) is 21.3. The Morgan fingerprint density at radius 1 is 0.968 bits per heavy atom. The highest BCUT2D eigenvalue weighted by Crippen LogP contribution is 2.27. The summed E-state index contributed by atoms with van der Waals surface area (Å²) in [5.41, 5.74) is 0.957. The fraction of sp³-hybridized carbons (Fsp3) is 0.286. The van der Waals surface area contributed by atoms with Crippen LogP contribution >= 0.6 is 23.4 Å². The Morgan fingerprint density at radius 3 is 2.58 bits per heavy atom. The lowest BCUT2D eigenvalue weighted by Gasteiger charge is -2.11. The van der Waals surface area contributed by atoms with Gasteiger partial charge in [-0.25, -0.2) is 4.68 Å². The van der Waals surface area contributed by atoms with Crippen LogP contribution in [0.1, 0.15) is 31.4 Å². The smallest absolute Gasteiger partial charge is 0.196 e. The van der Waals surface area contributed by atoms with Gasteiger partial charge in [-0.1, -0.05) is 67.0 Å². The summed E-state index contributed by atoms with van der Waals surface area (Å²) < 4.78 is 9.75. The SMILES string of the molecule is CCCCn1nnnc1CSc1nnc(COc2ccccc2Cl)n1-c1ccccc1. The van der Waals surface area contributed by atoms with E-state index in [2.05, 4.69) is 32.6 Å². The van der Waals surface area contributed by atoms with E-state index in [9.17, 15) is 0 Å². The highest BCUT2D eigenvalue weighted by molar-refractivity contribution is 7.98. The third kappa shape index (κ3) is 5.23. The van der Waals surface area contributed by atoms with E-state index >= 15 is 0 Å². The Morgan fingerprint density at radius 2 is 1.77 bits per heavy atom. The van der Waals surface area contributed by atoms with Crippen LogP contribution < -0.4 is 4.74 Å². The molecule has 0 saturated carbocycles. The van der Waals surface area contributed by atoms with Gasteiger partial charge in [-0.3, -0.25) is 4.57 Å². The summed E-state index contributed by atoms with van der Waals surface area (Å²) in [6.45, 7) is 3.19. The van der Waals surface area contributed by atoms with Crippen molar-refractivity contribution >= 4 is 23.4 Å². The Labute approximate surface area is 189 Å². The van der Waals surface area contributed by atoms with E-state index in [-0.39, 0.29) is 6.61 Å². The maximum absolute atomic E-state index is 6.22. The predicted molar refractivity (Wildman–Crippen MR) is 119 cm³/mol. The Kier molecular flexibility index (Phi) is 7.16. The van der Waals surface area contributed by atoms with Crippen molar-refractivity contribution in [3.05, 3.63) is 71.3 Å². The van der Waals surface area contributed by atoms with Crippen LogP contribution in [0.3, 0.4) is 0 Å². The van der Waals surface area contributed by atoms with Crippen molar-refractivity contribution in [3.8, 4) is 11.4 Å². The minimum Gasteiger partial charge on any atom is -0.484 e. The van der Waals surface area contributed by atoms with Gasteiger partial charge in [0.25, 0.3) is 0 Å². The molecule has 0 unspecified atom stereocenters. The van der Waals surface area contributed by atoms with E-state index in [4.69, 9.17) is 16.3 Å². The number of para-hydroxylation sites is 2. The number of hydrogen-bond donors (Lipinski definition) is 0. The van der Waals surface area contributed by atoms with E-state index in [0.717, 1.165) is 36.1 Å². The number of unbranched alkanes of at least 4 members (excludes halogenated alkanes) is 1. The zero-order chi connectivity index (χ0) is 21.5. The van der Waals surface area contributed by atoms with Crippen molar-refractivity contribution in [3.63, 3.8) is 0 Å². The molecule has 0 saturated heterocycles. The van der Waals surface area contributed by atoms with Crippen molar-refractivity contribution < 1.29 is 4.74 Å². The highest BCUT2D eigenvalue weighted by Gasteiger charge is 2.17. The van der Waals surface area contributed by atoms with Gasteiger partial charge in [0.15, 0.2) is 16.8 Å². The molecule has 0 N–H and O–H groups in total. The lowest BCUT2D eigenvalue weighted by atomic mass is 10.3. The average Bonchev–Trinajstić information content (AvgIpc) is 3.42. The van der Waals surface area contributed by atoms with Gasteiger partial charge >= 0.3 is 0 Å². The van der Waals surface area contributed by atoms with E-state index in [0.29, 0.717) is 22.3 Å². The number of halogens is 1. The molecule has 0 radical (unpaired) electrons. The number of rotatable bonds is 10. The number of thioether (sulfide) groups is 1. The average molecular weight is 456 g/mol. The minimum absolute atomic E-state index is 0.237. The lowest BCUT2D eigenvalue weighted by Crippen LogP contribution is -2.08. The molecule has 10 heteroatoms. The predicted octanol–water partition coefficient (Wildman–Crippen LogP) is 4.58. The van der Waals surface area contributed by atoms with Crippen LogP contribution in [0.15, 0.2) is 59.8 Å². The number of aryl methyl sites for hydroxylation is 1. The molecule has 2 aromatic carbocycles. The van der Waals surface area contributed by atoms with Crippen molar-refractivity contribution in [2.24, 2.45) is 0 Å². The van der Waals surface area contributed by atoms with E-state index < -0.39 is 0 Å². The first-order valence-electron chi connectivity index (χ1n) is 10.0. The lowest BCUT2D eigenvalue weighted by molar-refractivity contribution is 0.293. The molecule has 0 spiro atoms. The normalized spacial score (nSPS) is 11.0. The summed E-state index contributed by atoms with van der Waals surface area (Å²) in [5, 5.41) is 22.2. The van der Waals surface area contributed by atoms with Gasteiger partial charge in [0.2, 0.25) is 0 Å². The molecule has 160 valence electrons. The standard InChI is InChI=1S/C21H22ClN7OS/c1-2-3-13-28-20(24-26-27-28)15-31-21-25-23-19(29(21)16-9-5-4-6-10-16)14-30-18-12-8-7-11-17(18)22/h4-12H,2-3,13-15H2,1H3. The summed E-state index contributed by atoms with van der Waals surface area (Å²) in [5.74, 6) is 2.69. The first-order chi connectivity index (χ1) is 15.3. The Hall–Kier alpha value is -2.91. The topological polar surface area (TPSA) is 83.5 Å². The van der Waals surface area contributed by atoms with Gasteiger partial charge in [-0.2, -0.15) is 0 Å². The quantitative estimate of drug-likeness (QED) is 0.323. The monoisotopic (exact) mass is 455 g/mol. The Bertz CT molecular complexity index is 1120. The molecule has 0 aliphatic rings. The molecule has 0 bridgehead atoms. The van der Waals surface area contributed by atoms with Gasteiger partial charge < -0.3 is 4.74 Å². The number of aromatic nitrogens is 7. The largest absolute Gasteiger partial charge is 0.484 e. The Balaban J connectivity index is 1.55. The van der Waals surface area contributed by atoms with Crippen LogP contribution in [0.4, 0.5) is 0 Å². The van der Waals surface area contributed by atoms with Crippen LogP contribution in [0, 0.1) is 0 Å². The molecule has 4 aromatic rings. The summed E-state index contributed by atoms with van der Waals surface area (Å²) in [6.07, 6.45) is 2.12. The highest BCUT2D eigenvalue weighted by atomic mass is 35.5. The zero-order valence-corrected chi connectivity index (χ0v) is 18.6. The zero-order valence-electron chi connectivity index (χ0n) is 17.1. The molecule has 8 nitrogen and oxygen atoms in total. The molecular formula is C21H22ClN7OS. The van der Waals surface area contributed by atoms with E-state index in [1.54, 1.807) is 6.07 Å². The fourth-order valence-electron chi connectivity index (χ4n) is 2.97. The summed E-state index contributed by atoms with van der Waals surface area (Å²) in [6, 6.07) is 17.3. The van der Waals surface area contributed by atoms with Gasteiger partial charge in [0, 0.05) is 12.2 Å². The van der Waals surface area contributed by atoms with Gasteiger partial charge in [-0.05, 0) is 41.1 Å². The number of benzene rings is 2. The third-order valence-corrected chi connectivity index (χ3v) is 5.81. The summed E-state index contributed by atoms with van der Waals surface area (Å²) >= 11 is 7.75. The fourth-order valence-corrected chi connectivity index (χ4v) is 4.06. The van der Waals surface area contributed by atoms with Crippen LogP contribution in [-0.2, 0) is 18.9 Å². The minimum atomic E-state index is 0.237. The molecule has 31 heavy (non-hydrogen) atoms. The number of ether oxygens (including phenoxy) is 1. The van der Waals surface area contributed by atoms with Gasteiger partial charge in [0.1, 0.15) is 12.4 Å². The summed E-state index contributed by atoms with van der Waals surface area (Å²) in [4.78, 5) is 0. The number of nitrogens with zero attached hydrogens (tertiary/aromatic N) is 7. The summed E-state index contributed by atoms with van der Waals surface area (Å²) in [7, 11) is 0. The second kappa shape index (κ2) is 10.4. The molecule has 0 aliphatic heterocycles. The molecule has 2 heterocycles. The van der Waals surface area contributed by atoms with Crippen LogP contribution in [0.25, 0.3) is 5.69 Å². The number of hydrogen-bond acceptors (Lipinski definition) is 7. The maximum atomic E-state index is 6.22. The second-order valence-corrected chi connectivity index (χ2v) is 8.10. The molecule has 0 aliphatic carbocycles. The van der Waals surface area contributed by atoms with Gasteiger partial charge in [-0.15, -0.1) is 15.3 Å². The van der Waals surface area contributed by atoms with Gasteiger partial charge in [0.05, 0.1) is 10.8 Å². The van der Waals surface area contributed by atoms with Crippen molar-refractivity contribution in [2.45, 2.75) is 43.8 Å². The second-order valence-electron chi connectivity index (χ2n) is 6.75. The van der Waals surface area contributed by atoms with Crippen LogP contribution in [0.5, 0.6) is 5.75 Å². The molecular weight excluding hydrogens is 434 g/mol. The van der Waals surface area contributed by atoms with Crippen molar-refractivity contribution in [2.75, 3.05) is 0 Å². The molecule has 4 rings (SSSR count). The number of tetrazole rings is 1. The van der Waals surface area contributed by atoms with Crippen molar-refractivity contribution in [1.29, 1.82) is 0 Å². The molecule has 2 aromatic heterocycles. The molecule has 0 fully saturated rings. The van der Waals surface area contributed by atoms with Crippen LogP contribution in [0.2, 0.25) is 5.02 Å². The van der Waals surface area contributed by atoms with Crippen LogP contribution in [-0.4, -0.2) is 35.0 Å².